The van der Waals surface area contributed by atoms with Crippen molar-refractivity contribution in [2.45, 2.75) is 56.5 Å². The molecule has 0 saturated heterocycles. The van der Waals surface area contributed by atoms with Gasteiger partial charge in [0.15, 0.2) is 11.4 Å². The Labute approximate surface area is 224 Å². The number of carbonyl (C=O) groups is 4. The van der Waals surface area contributed by atoms with Crippen LogP contribution >= 0.6 is 0 Å². The maximum Gasteiger partial charge on any atom is 0.306 e. The van der Waals surface area contributed by atoms with Gasteiger partial charge in [-0.3, -0.25) is 24.1 Å². The fourth-order valence-corrected chi connectivity index (χ4v) is 6.09. The molecule has 39 heavy (non-hydrogen) atoms. The number of likely N-dealkylation sites (N-methyl/N-ethyl adjacent to an activating group) is 1. The van der Waals surface area contributed by atoms with E-state index in [0.29, 0.717) is 12.8 Å². The number of aliphatic hydroxyl groups excluding tert-OH is 3. The van der Waals surface area contributed by atoms with Crippen LogP contribution in [0.2, 0.25) is 0 Å². The van der Waals surface area contributed by atoms with Crippen LogP contribution in [0.4, 0.5) is 0 Å². The number of aromatic hydroxyl groups is 1. The summed E-state index contributed by atoms with van der Waals surface area (Å²) < 4.78 is 5.78. The number of carbonyl (C=O) groups excluding carboxylic acids is 4. The fourth-order valence-electron chi connectivity index (χ4n) is 6.09. The van der Waals surface area contributed by atoms with E-state index in [9.17, 15) is 44.7 Å². The summed E-state index contributed by atoms with van der Waals surface area (Å²) in [5.74, 6) is -10.3. The van der Waals surface area contributed by atoms with Gasteiger partial charge in [-0.15, -0.1) is 0 Å². The number of ether oxygens (including phenoxy) is 1. The van der Waals surface area contributed by atoms with Crippen molar-refractivity contribution in [1.82, 2.24) is 4.90 Å². The summed E-state index contributed by atoms with van der Waals surface area (Å²) in [4.78, 5) is 53.9. The van der Waals surface area contributed by atoms with Gasteiger partial charge >= 0.3 is 5.97 Å². The number of fused-ring (bicyclic) bond motifs is 3. The summed E-state index contributed by atoms with van der Waals surface area (Å²) in [5, 5.41) is 56.1. The first-order chi connectivity index (χ1) is 18.3. The van der Waals surface area contributed by atoms with Crippen molar-refractivity contribution < 1.29 is 49.4 Å². The van der Waals surface area contributed by atoms with Crippen LogP contribution < -0.4 is 5.73 Å². The first-order valence-corrected chi connectivity index (χ1v) is 12.6. The molecule has 6 atom stereocenters. The lowest BCUT2D eigenvalue weighted by Crippen LogP contribution is -2.71. The first-order valence-electron chi connectivity index (χ1n) is 12.6. The van der Waals surface area contributed by atoms with E-state index in [1.807, 2.05) is 6.92 Å². The summed E-state index contributed by atoms with van der Waals surface area (Å²) in [6.07, 6.45) is -1.36. The van der Waals surface area contributed by atoms with Crippen LogP contribution in [0, 0.1) is 11.8 Å². The second kappa shape index (κ2) is 10.1. The minimum atomic E-state index is -3.05. The second-order valence-corrected chi connectivity index (χ2v) is 10.4. The Morgan fingerprint density at radius 1 is 1.13 bits per heavy atom. The molecule has 1 fully saturated rings. The van der Waals surface area contributed by atoms with Gasteiger partial charge < -0.3 is 36.0 Å². The van der Waals surface area contributed by atoms with Crippen LogP contribution in [0.1, 0.15) is 49.8 Å². The highest BCUT2D eigenvalue weighted by Gasteiger charge is 2.70. The highest BCUT2D eigenvalue weighted by Crippen LogP contribution is 2.56. The Morgan fingerprint density at radius 3 is 2.38 bits per heavy atom. The van der Waals surface area contributed by atoms with Gasteiger partial charge in [0.1, 0.15) is 28.9 Å². The Bertz CT molecular complexity index is 1320. The summed E-state index contributed by atoms with van der Waals surface area (Å²) in [5.41, 5.74) is 0.388. The molecule has 1 amide bonds. The minimum Gasteiger partial charge on any atom is -0.508 e. The van der Waals surface area contributed by atoms with Crippen LogP contribution in [0.15, 0.2) is 35.1 Å². The number of phenolic OH excluding ortho intramolecular Hbond substituents is 1. The molecule has 7 N–H and O–H groups in total. The number of Topliss-reactive ketones (excluding diaryl/α,β-unsaturated/α-hetero) is 2. The van der Waals surface area contributed by atoms with Crippen molar-refractivity contribution in [3.8, 4) is 5.75 Å². The van der Waals surface area contributed by atoms with E-state index in [1.54, 1.807) is 0 Å². The van der Waals surface area contributed by atoms with Gasteiger partial charge in [-0.2, -0.15) is 0 Å². The van der Waals surface area contributed by atoms with Gasteiger partial charge in [0.25, 0.3) is 5.91 Å². The summed E-state index contributed by atoms with van der Waals surface area (Å²) in [6.45, 7) is 1.93. The number of benzene rings is 1. The van der Waals surface area contributed by atoms with Crippen molar-refractivity contribution in [1.29, 1.82) is 0 Å². The van der Waals surface area contributed by atoms with E-state index in [2.05, 4.69) is 0 Å². The second-order valence-electron chi connectivity index (χ2n) is 10.4. The third-order valence-electron chi connectivity index (χ3n) is 7.85. The molecule has 3 aliphatic carbocycles. The van der Waals surface area contributed by atoms with Gasteiger partial charge in [0, 0.05) is 6.42 Å². The largest absolute Gasteiger partial charge is 0.508 e. The molecule has 0 aliphatic heterocycles. The van der Waals surface area contributed by atoms with Crippen molar-refractivity contribution >= 4 is 29.2 Å². The molecule has 0 radical (unpaired) electrons. The lowest BCUT2D eigenvalue weighted by molar-refractivity contribution is -0.190. The number of rotatable bonds is 7. The Kier molecular flexibility index (Phi) is 7.32. The summed E-state index contributed by atoms with van der Waals surface area (Å²) in [6, 6.07) is 2.51. The van der Waals surface area contributed by atoms with Gasteiger partial charge in [0.2, 0.25) is 5.78 Å². The Balaban J connectivity index is 2.03. The molecular formula is C27H32N2O10. The number of phenols is 1. The van der Waals surface area contributed by atoms with Crippen LogP contribution in [0.5, 0.6) is 5.75 Å². The summed E-state index contributed by atoms with van der Waals surface area (Å²) in [7, 11) is 2.84. The number of primary amides is 1. The molecule has 210 valence electrons. The van der Waals surface area contributed by atoms with Gasteiger partial charge in [-0.05, 0) is 32.1 Å². The van der Waals surface area contributed by atoms with Crippen molar-refractivity contribution in [3.05, 3.63) is 46.2 Å². The quantitative estimate of drug-likeness (QED) is 0.159. The Morgan fingerprint density at radius 2 is 1.79 bits per heavy atom. The van der Waals surface area contributed by atoms with E-state index in [-0.39, 0.29) is 17.5 Å². The predicted molar refractivity (Wildman–Crippen MR) is 135 cm³/mol. The lowest BCUT2D eigenvalue weighted by Gasteiger charge is -2.54. The van der Waals surface area contributed by atoms with Crippen LogP contribution in [0.25, 0.3) is 5.76 Å². The normalized spacial score (nSPS) is 30.2. The molecule has 0 bridgehead atoms. The molecule has 0 heterocycles. The van der Waals surface area contributed by atoms with Crippen molar-refractivity contribution in [2.75, 3.05) is 14.1 Å². The monoisotopic (exact) mass is 544 g/mol. The average molecular weight is 545 g/mol. The highest BCUT2D eigenvalue weighted by atomic mass is 16.5. The molecule has 0 aromatic heterocycles. The number of esters is 1. The van der Waals surface area contributed by atoms with Gasteiger partial charge in [-0.25, -0.2) is 0 Å². The maximum absolute atomic E-state index is 14.0. The molecule has 1 aromatic rings. The first kappa shape index (κ1) is 28.3. The molecule has 12 nitrogen and oxygen atoms in total. The predicted octanol–water partition coefficient (Wildman–Crippen LogP) is 0.557. The minimum absolute atomic E-state index is 0.0210. The lowest BCUT2D eigenvalue weighted by atomic mass is 9.55. The number of unbranched alkanes of at least 4 members (excludes halogenated alkanes) is 2. The standard InChI is InChI=1S/C27H32N2O10/c1-4-5-6-10-13(31)39-23-15-16(21(33)14-11(20(15)32)8-7-9-12(14)30)24(35)27(38)18(23)19(29(2)3)22(34)17(25(27)36)26(28)37/h7-9,15,18-20,23,30,32-33,36,38H,4-6,10H2,1-3H3,(H2,28,37)/t15-,18+,19-,20-,23-,27-/m0/s1. The van der Waals surface area contributed by atoms with E-state index in [0.717, 1.165) is 6.42 Å². The fraction of sp³-hybridized carbons (Fsp3) is 0.481. The molecule has 3 aliphatic rings. The molecule has 0 unspecified atom stereocenters. The molecular weight excluding hydrogens is 512 g/mol. The Hall–Kier alpha value is -3.74. The number of hydrogen-bond acceptors (Lipinski definition) is 11. The number of ketones is 2. The molecule has 0 spiro atoms. The number of nitrogens with two attached hydrogens (primary N) is 1. The third-order valence-corrected chi connectivity index (χ3v) is 7.85. The average Bonchev–Trinajstić information content (AvgIpc) is 2.85. The smallest absolute Gasteiger partial charge is 0.306 e. The zero-order valence-electron chi connectivity index (χ0n) is 21.7. The third kappa shape index (κ3) is 4.10. The van der Waals surface area contributed by atoms with Crippen LogP contribution in [-0.4, -0.2) is 85.7 Å². The number of aliphatic hydroxyl groups is 4. The van der Waals surface area contributed by atoms with E-state index >= 15 is 0 Å². The number of amides is 1. The highest BCUT2D eigenvalue weighted by molar-refractivity contribution is 6.24. The number of nitrogens with zero attached hydrogens (tertiary/aromatic N) is 1. The molecule has 4 rings (SSSR count). The molecule has 1 aromatic carbocycles. The molecule has 1 saturated carbocycles. The van der Waals surface area contributed by atoms with Crippen molar-refractivity contribution in [3.63, 3.8) is 0 Å². The van der Waals surface area contributed by atoms with Crippen LogP contribution in [0.3, 0.4) is 0 Å². The van der Waals surface area contributed by atoms with Gasteiger partial charge in [-0.1, -0.05) is 31.9 Å². The SMILES string of the molecule is CCCCCC(=O)O[C@H]1[C@H]2C(=C(O)c3c(O)cccc3[C@@H]2O)C(=O)[C@]2(O)C(O)=C(C(N)=O)C(=O)[C@@H](N(C)C)[C@H]12. The van der Waals surface area contributed by atoms with E-state index in [4.69, 9.17) is 10.5 Å². The molecule has 12 heteroatoms. The van der Waals surface area contributed by atoms with Crippen LogP contribution in [-0.2, 0) is 23.9 Å². The zero-order chi connectivity index (χ0) is 29.0. The topological polar surface area (TPSA) is 208 Å². The number of hydrogen-bond donors (Lipinski definition) is 6. The summed E-state index contributed by atoms with van der Waals surface area (Å²) >= 11 is 0. The maximum atomic E-state index is 14.0. The van der Waals surface area contributed by atoms with E-state index < -0.39 is 87.5 Å². The zero-order valence-corrected chi connectivity index (χ0v) is 21.7. The van der Waals surface area contributed by atoms with E-state index in [1.165, 1.54) is 37.2 Å². The van der Waals surface area contributed by atoms with Crippen molar-refractivity contribution in [2.24, 2.45) is 17.6 Å². The van der Waals surface area contributed by atoms with Gasteiger partial charge in [0.05, 0.1) is 35.1 Å².